The summed E-state index contributed by atoms with van der Waals surface area (Å²) in [5.41, 5.74) is 2.29. The Morgan fingerprint density at radius 3 is 2.68 bits per heavy atom. The number of amides is 1. The Hall–Kier alpha value is -3.05. The van der Waals surface area contributed by atoms with Crippen LogP contribution < -0.4 is 5.32 Å². The van der Waals surface area contributed by atoms with Crippen molar-refractivity contribution in [2.75, 3.05) is 5.32 Å². The zero-order chi connectivity index (χ0) is 17.1. The summed E-state index contributed by atoms with van der Waals surface area (Å²) >= 11 is 1.63. The number of carbonyl (C=O) groups is 1. The molecule has 0 saturated carbocycles. The van der Waals surface area contributed by atoms with Gasteiger partial charge in [-0.05, 0) is 36.4 Å². The van der Waals surface area contributed by atoms with Gasteiger partial charge in [0.25, 0.3) is 5.91 Å². The maximum atomic E-state index is 12.6. The monoisotopic (exact) mass is 345 g/mol. The molecular weight excluding hydrogens is 330 g/mol. The van der Waals surface area contributed by atoms with Crippen molar-refractivity contribution in [2.24, 2.45) is 0 Å². The number of aromatic nitrogens is 2. The van der Waals surface area contributed by atoms with E-state index in [1.54, 1.807) is 30.4 Å². The molecule has 4 aromatic rings. The number of hydrogen-bond donors (Lipinski definition) is 1. The predicted octanol–water partition coefficient (Wildman–Crippen LogP) is 4.74. The van der Waals surface area contributed by atoms with Crippen molar-refractivity contribution in [1.29, 1.82) is 0 Å². The summed E-state index contributed by atoms with van der Waals surface area (Å²) in [6.45, 7) is 0. The average molecular weight is 345 g/mol. The van der Waals surface area contributed by atoms with Crippen molar-refractivity contribution in [1.82, 2.24) is 9.38 Å². The second kappa shape index (κ2) is 6.83. The van der Waals surface area contributed by atoms with E-state index in [0.717, 1.165) is 21.0 Å². The van der Waals surface area contributed by atoms with Gasteiger partial charge >= 0.3 is 0 Å². The van der Waals surface area contributed by atoms with Gasteiger partial charge in [0, 0.05) is 21.6 Å². The van der Waals surface area contributed by atoms with Crippen LogP contribution in [0.2, 0.25) is 0 Å². The standard InChI is InChI=1S/C20H15N3OS/c24-20(15-10-11-23-14-21-13-16(23)12-15)22-18-8-4-5-9-19(18)25-17-6-2-1-3-7-17/h1-14H,(H,22,24). The quantitative estimate of drug-likeness (QED) is 0.581. The lowest BCUT2D eigenvalue weighted by Gasteiger charge is -2.11. The molecule has 2 aromatic carbocycles. The van der Waals surface area contributed by atoms with Gasteiger partial charge < -0.3 is 9.72 Å². The minimum absolute atomic E-state index is 0.134. The van der Waals surface area contributed by atoms with Gasteiger partial charge in [-0.3, -0.25) is 4.79 Å². The van der Waals surface area contributed by atoms with Gasteiger partial charge in [0.15, 0.2) is 0 Å². The second-order valence-corrected chi connectivity index (χ2v) is 6.62. The van der Waals surface area contributed by atoms with Crippen LogP contribution in [0.4, 0.5) is 5.69 Å². The number of nitrogens with zero attached hydrogens (tertiary/aromatic N) is 2. The molecule has 1 N–H and O–H groups in total. The Kier molecular flexibility index (Phi) is 4.23. The third-order valence-electron chi connectivity index (χ3n) is 3.78. The molecule has 0 unspecified atom stereocenters. The van der Waals surface area contributed by atoms with Crippen LogP contribution >= 0.6 is 11.8 Å². The first-order chi connectivity index (χ1) is 12.3. The first-order valence-corrected chi connectivity index (χ1v) is 8.66. The summed E-state index contributed by atoms with van der Waals surface area (Å²) in [6, 6.07) is 21.5. The Balaban J connectivity index is 1.58. The molecule has 0 radical (unpaired) electrons. The third kappa shape index (κ3) is 3.41. The molecule has 5 heteroatoms. The van der Waals surface area contributed by atoms with E-state index in [1.165, 1.54) is 0 Å². The number of fused-ring (bicyclic) bond motifs is 1. The lowest BCUT2D eigenvalue weighted by atomic mass is 10.2. The van der Waals surface area contributed by atoms with Crippen LogP contribution in [0.25, 0.3) is 5.52 Å². The number of carbonyl (C=O) groups excluding carboxylic acids is 1. The highest BCUT2D eigenvalue weighted by atomic mass is 32.2. The molecule has 2 heterocycles. The highest BCUT2D eigenvalue weighted by molar-refractivity contribution is 7.99. The van der Waals surface area contributed by atoms with Gasteiger partial charge in [-0.25, -0.2) is 4.98 Å². The summed E-state index contributed by atoms with van der Waals surface area (Å²) in [7, 11) is 0. The fraction of sp³-hybridized carbons (Fsp3) is 0. The van der Waals surface area contributed by atoms with Crippen LogP contribution in [-0.4, -0.2) is 15.3 Å². The number of imidazole rings is 1. The van der Waals surface area contributed by atoms with Crippen molar-refractivity contribution in [3.8, 4) is 0 Å². The van der Waals surface area contributed by atoms with Gasteiger partial charge in [-0.15, -0.1) is 0 Å². The summed E-state index contributed by atoms with van der Waals surface area (Å²) in [5.74, 6) is -0.134. The molecule has 0 aliphatic heterocycles. The fourth-order valence-corrected chi connectivity index (χ4v) is 3.45. The maximum absolute atomic E-state index is 12.6. The molecule has 122 valence electrons. The molecule has 0 saturated heterocycles. The Bertz CT molecular complexity index is 1030. The summed E-state index contributed by atoms with van der Waals surface area (Å²) in [6.07, 6.45) is 5.28. The topological polar surface area (TPSA) is 46.4 Å². The van der Waals surface area contributed by atoms with Crippen molar-refractivity contribution >= 4 is 28.9 Å². The number of anilines is 1. The SMILES string of the molecule is O=C(Nc1ccccc1Sc1ccccc1)c1ccn2cncc2c1. The molecule has 4 nitrogen and oxygen atoms in total. The largest absolute Gasteiger partial charge is 0.321 e. The van der Waals surface area contributed by atoms with E-state index in [2.05, 4.69) is 22.4 Å². The number of hydrogen-bond acceptors (Lipinski definition) is 3. The average Bonchev–Trinajstić information content (AvgIpc) is 3.12. The lowest BCUT2D eigenvalue weighted by molar-refractivity contribution is 0.102. The molecule has 0 aliphatic carbocycles. The van der Waals surface area contributed by atoms with Crippen molar-refractivity contribution < 1.29 is 4.79 Å². The van der Waals surface area contributed by atoms with E-state index < -0.39 is 0 Å². The van der Waals surface area contributed by atoms with Crippen LogP contribution in [0, 0.1) is 0 Å². The molecule has 2 aromatic heterocycles. The van der Waals surface area contributed by atoms with E-state index in [1.807, 2.05) is 59.1 Å². The van der Waals surface area contributed by atoms with Crippen molar-refractivity contribution in [3.05, 3.63) is 91.0 Å². The van der Waals surface area contributed by atoms with Gasteiger partial charge in [-0.2, -0.15) is 0 Å². The summed E-state index contributed by atoms with van der Waals surface area (Å²) < 4.78 is 1.87. The minimum atomic E-state index is -0.134. The molecular formula is C20H15N3OS. The predicted molar refractivity (Wildman–Crippen MR) is 100 cm³/mol. The Morgan fingerprint density at radius 2 is 1.80 bits per heavy atom. The van der Waals surface area contributed by atoms with E-state index in [9.17, 15) is 4.79 Å². The highest BCUT2D eigenvalue weighted by Gasteiger charge is 2.10. The van der Waals surface area contributed by atoms with Gasteiger partial charge in [0.2, 0.25) is 0 Å². The summed E-state index contributed by atoms with van der Waals surface area (Å²) in [4.78, 5) is 18.8. The molecule has 0 aliphatic rings. The Labute approximate surface area is 149 Å². The molecule has 0 atom stereocenters. The highest BCUT2D eigenvalue weighted by Crippen LogP contribution is 2.33. The minimum Gasteiger partial charge on any atom is -0.321 e. The smallest absolute Gasteiger partial charge is 0.255 e. The number of rotatable bonds is 4. The van der Waals surface area contributed by atoms with Crippen LogP contribution in [-0.2, 0) is 0 Å². The van der Waals surface area contributed by atoms with Crippen LogP contribution in [0.1, 0.15) is 10.4 Å². The normalized spacial score (nSPS) is 10.7. The fourth-order valence-electron chi connectivity index (χ4n) is 2.53. The zero-order valence-electron chi connectivity index (χ0n) is 13.3. The first-order valence-electron chi connectivity index (χ1n) is 7.84. The van der Waals surface area contributed by atoms with Crippen LogP contribution in [0.3, 0.4) is 0 Å². The number of benzene rings is 2. The third-order valence-corrected chi connectivity index (χ3v) is 4.87. The molecule has 0 bridgehead atoms. The van der Waals surface area contributed by atoms with E-state index in [4.69, 9.17) is 0 Å². The zero-order valence-corrected chi connectivity index (χ0v) is 14.1. The van der Waals surface area contributed by atoms with Gasteiger partial charge in [-0.1, -0.05) is 42.1 Å². The van der Waals surface area contributed by atoms with E-state index in [0.29, 0.717) is 5.56 Å². The summed E-state index contributed by atoms with van der Waals surface area (Å²) in [5, 5.41) is 3.01. The van der Waals surface area contributed by atoms with Crippen LogP contribution in [0.15, 0.2) is 95.2 Å². The van der Waals surface area contributed by atoms with Crippen LogP contribution in [0.5, 0.6) is 0 Å². The van der Waals surface area contributed by atoms with E-state index >= 15 is 0 Å². The molecule has 1 amide bonds. The molecule has 0 spiro atoms. The van der Waals surface area contributed by atoms with Gasteiger partial charge in [0.1, 0.15) is 0 Å². The van der Waals surface area contributed by atoms with E-state index in [-0.39, 0.29) is 5.91 Å². The second-order valence-electron chi connectivity index (χ2n) is 5.51. The number of pyridine rings is 1. The van der Waals surface area contributed by atoms with Crippen molar-refractivity contribution in [3.63, 3.8) is 0 Å². The Morgan fingerprint density at radius 1 is 1.00 bits per heavy atom. The number of nitrogens with one attached hydrogen (secondary N) is 1. The first kappa shape index (κ1) is 15.5. The maximum Gasteiger partial charge on any atom is 0.255 e. The molecule has 4 rings (SSSR count). The molecule has 0 fully saturated rings. The molecule has 25 heavy (non-hydrogen) atoms. The number of para-hydroxylation sites is 1. The van der Waals surface area contributed by atoms with Crippen molar-refractivity contribution in [2.45, 2.75) is 9.79 Å². The lowest BCUT2D eigenvalue weighted by Crippen LogP contribution is -2.12. The van der Waals surface area contributed by atoms with Gasteiger partial charge in [0.05, 0.1) is 23.7 Å².